The summed E-state index contributed by atoms with van der Waals surface area (Å²) < 4.78 is 0. The van der Waals surface area contributed by atoms with Gasteiger partial charge in [-0.05, 0) is 55.3 Å². The number of carboxylic acids is 2. The molecule has 0 saturated carbocycles. The van der Waals surface area contributed by atoms with Crippen LogP contribution in [0.4, 0.5) is 0 Å². The van der Waals surface area contributed by atoms with Gasteiger partial charge in [0.25, 0.3) is 0 Å². The van der Waals surface area contributed by atoms with Crippen LogP contribution in [0.5, 0.6) is 0 Å². The Morgan fingerprint density at radius 3 is 1.44 bits per heavy atom. The van der Waals surface area contributed by atoms with Crippen LogP contribution >= 0.6 is 0 Å². The van der Waals surface area contributed by atoms with E-state index in [0.29, 0.717) is 12.3 Å². The molecular weight excluding hydrogens is 448 g/mol. The van der Waals surface area contributed by atoms with Crippen LogP contribution in [0.15, 0.2) is 0 Å². The monoisotopic (exact) mass is 510 g/mol. The Hall–Kier alpha value is -1.06. The van der Waals surface area contributed by atoms with E-state index in [1.165, 1.54) is 89.9 Å². The maximum Gasteiger partial charge on any atom is 0.303 e. The molecule has 0 rings (SSSR count). The Kier molecular flexibility index (Phi) is 21.3. The Bertz CT molecular complexity index is 526. The third-order valence-corrected chi connectivity index (χ3v) is 8.73. The van der Waals surface area contributed by atoms with E-state index in [9.17, 15) is 14.7 Å². The van der Waals surface area contributed by atoms with Crippen molar-refractivity contribution in [2.24, 2.45) is 23.2 Å². The summed E-state index contributed by atoms with van der Waals surface area (Å²) in [6.07, 6.45) is 22.9. The molecule has 0 aliphatic carbocycles. The minimum atomic E-state index is -0.689. The number of aliphatic carboxylic acids is 2. The van der Waals surface area contributed by atoms with Crippen molar-refractivity contribution in [2.45, 2.75) is 169 Å². The van der Waals surface area contributed by atoms with Gasteiger partial charge in [-0.2, -0.15) is 0 Å². The number of carboxylic acid groups (broad SMARTS) is 2. The van der Waals surface area contributed by atoms with Crippen molar-refractivity contribution in [3.8, 4) is 0 Å². The smallest absolute Gasteiger partial charge is 0.303 e. The van der Waals surface area contributed by atoms with Crippen LogP contribution < -0.4 is 0 Å². The van der Waals surface area contributed by atoms with E-state index in [2.05, 4.69) is 34.6 Å². The summed E-state index contributed by atoms with van der Waals surface area (Å²) in [4.78, 5) is 22.2. The summed E-state index contributed by atoms with van der Waals surface area (Å²) in [6, 6.07) is 0. The van der Waals surface area contributed by atoms with Crippen LogP contribution in [0.2, 0.25) is 0 Å². The Morgan fingerprint density at radius 1 is 0.583 bits per heavy atom. The Labute approximate surface area is 224 Å². The second kappa shape index (κ2) is 22.0. The molecule has 3 atom stereocenters. The van der Waals surface area contributed by atoms with Crippen LogP contribution in [-0.4, -0.2) is 22.2 Å². The Morgan fingerprint density at radius 2 is 1.03 bits per heavy atom. The first-order chi connectivity index (χ1) is 17.2. The fourth-order valence-corrected chi connectivity index (χ4v) is 6.31. The first kappa shape index (κ1) is 34.9. The number of rotatable bonds is 26. The van der Waals surface area contributed by atoms with Gasteiger partial charge in [0.1, 0.15) is 0 Å². The molecule has 0 aromatic rings. The summed E-state index contributed by atoms with van der Waals surface area (Å²) in [5.41, 5.74) is 0.217. The lowest BCUT2D eigenvalue weighted by atomic mass is 9.62. The van der Waals surface area contributed by atoms with Gasteiger partial charge in [-0.1, -0.05) is 125 Å². The Balaban J connectivity index is 5.25. The highest BCUT2D eigenvalue weighted by atomic mass is 16.4. The van der Waals surface area contributed by atoms with E-state index in [4.69, 9.17) is 5.11 Å². The average Bonchev–Trinajstić information content (AvgIpc) is 2.84. The second-order valence-electron chi connectivity index (χ2n) is 11.9. The highest BCUT2D eigenvalue weighted by Crippen LogP contribution is 2.47. The number of unbranched alkanes of at least 4 members (excludes halogenated alkanes) is 8. The second-order valence-corrected chi connectivity index (χ2v) is 11.9. The molecule has 2 N–H and O–H groups in total. The molecule has 0 radical (unpaired) electrons. The molecule has 0 amide bonds. The molecule has 0 aliphatic rings. The number of hydrogen-bond acceptors (Lipinski definition) is 2. The van der Waals surface area contributed by atoms with Crippen molar-refractivity contribution < 1.29 is 19.8 Å². The lowest BCUT2D eigenvalue weighted by Gasteiger charge is -2.43. The van der Waals surface area contributed by atoms with Crippen molar-refractivity contribution >= 4 is 11.9 Å². The van der Waals surface area contributed by atoms with Gasteiger partial charge in [0.2, 0.25) is 0 Å². The van der Waals surface area contributed by atoms with Crippen LogP contribution in [0.25, 0.3) is 0 Å². The standard InChI is InChI=1S/C32H62O4/c1-6-10-19-27(8-3)25-32(5,26-28(9-4)20-11-7-2)29(23-24-31(35)36)21-17-15-13-12-14-16-18-22-30(33)34/h27-29H,6-26H2,1-5H3,(H,33,34)(H,35,36). The van der Waals surface area contributed by atoms with Gasteiger partial charge in [-0.25, -0.2) is 0 Å². The largest absolute Gasteiger partial charge is 0.481 e. The molecule has 0 heterocycles. The molecule has 0 fully saturated rings. The molecular formula is C32H62O4. The van der Waals surface area contributed by atoms with E-state index in [1.54, 1.807) is 0 Å². The molecule has 0 aromatic carbocycles. The third kappa shape index (κ3) is 17.4. The van der Waals surface area contributed by atoms with Crippen molar-refractivity contribution in [3.05, 3.63) is 0 Å². The summed E-state index contributed by atoms with van der Waals surface area (Å²) in [7, 11) is 0. The van der Waals surface area contributed by atoms with Crippen molar-refractivity contribution in [1.82, 2.24) is 0 Å². The molecule has 36 heavy (non-hydrogen) atoms. The first-order valence-electron chi connectivity index (χ1n) is 15.7. The molecule has 214 valence electrons. The van der Waals surface area contributed by atoms with Gasteiger partial charge in [0.15, 0.2) is 0 Å². The van der Waals surface area contributed by atoms with Gasteiger partial charge in [-0.15, -0.1) is 0 Å². The van der Waals surface area contributed by atoms with Crippen molar-refractivity contribution in [2.75, 3.05) is 0 Å². The lowest BCUT2D eigenvalue weighted by molar-refractivity contribution is -0.138. The first-order valence-corrected chi connectivity index (χ1v) is 15.7. The summed E-state index contributed by atoms with van der Waals surface area (Å²) in [6.45, 7) is 11.8. The van der Waals surface area contributed by atoms with E-state index in [-0.39, 0.29) is 11.8 Å². The summed E-state index contributed by atoms with van der Waals surface area (Å²) >= 11 is 0. The minimum Gasteiger partial charge on any atom is -0.481 e. The van der Waals surface area contributed by atoms with Crippen LogP contribution in [-0.2, 0) is 9.59 Å². The zero-order valence-corrected chi connectivity index (χ0v) is 24.8. The maximum atomic E-state index is 11.6. The fraction of sp³-hybridized carbons (Fsp3) is 0.938. The van der Waals surface area contributed by atoms with E-state index in [0.717, 1.165) is 43.9 Å². The fourth-order valence-electron chi connectivity index (χ4n) is 6.31. The maximum absolute atomic E-state index is 11.6. The van der Waals surface area contributed by atoms with Crippen LogP contribution in [0, 0.1) is 23.2 Å². The van der Waals surface area contributed by atoms with Crippen LogP contribution in [0.1, 0.15) is 169 Å². The van der Waals surface area contributed by atoms with Gasteiger partial charge >= 0.3 is 11.9 Å². The van der Waals surface area contributed by atoms with Crippen molar-refractivity contribution in [3.63, 3.8) is 0 Å². The highest BCUT2D eigenvalue weighted by molar-refractivity contribution is 5.66. The minimum absolute atomic E-state index is 0.217. The molecule has 0 spiro atoms. The number of hydrogen-bond donors (Lipinski definition) is 2. The molecule has 0 aromatic heterocycles. The zero-order chi connectivity index (χ0) is 27.2. The third-order valence-electron chi connectivity index (χ3n) is 8.73. The predicted molar refractivity (Wildman–Crippen MR) is 154 cm³/mol. The SMILES string of the molecule is CCCCC(CC)CC(C)(CC(CC)CCCC)C(CCCCCCCCCC(=O)O)CCC(=O)O. The lowest BCUT2D eigenvalue weighted by Crippen LogP contribution is -2.33. The van der Waals surface area contributed by atoms with Gasteiger partial charge in [-0.3, -0.25) is 9.59 Å². The molecule has 4 nitrogen and oxygen atoms in total. The normalized spacial score (nSPS) is 15.8. The summed E-state index contributed by atoms with van der Waals surface area (Å²) in [5.74, 6) is 0.634. The van der Waals surface area contributed by atoms with Gasteiger partial charge in [0, 0.05) is 12.8 Å². The quantitative estimate of drug-likeness (QED) is 0.113. The highest BCUT2D eigenvalue weighted by Gasteiger charge is 2.37. The average molecular weight is 511 g/mol. The van der Waals surface area contributed by atoms with Crippen LogP contribution in [0.3, 0.4) is 0 Å². The number of carbonyl (C=O) groups is 2. The van der Waals surface area contributed by atoms with E-state index >= 15 is 0 Å². The summed E-state index contributed by atoms with van der Waals surface area (Å²) in [5, 5.41) is 18.3. The molecule has 3 unspecified atom stereocenters. The predicted octanol–water partition coefficient (Wildman–Crippen LogP) is 10.3. The van der Waals surface area contributed by atoms with Crippen molar-refractivity contribution in [1.29, 1.82) is 0 Å². The zero-order valence-electron chi connectivity index (χ0n) is 24.8. The van der Waals surface area contributed by atoms with Gasteiger partial charge < -0.3 is 10.2 Å². The molecule has 0 saturated heterocycles. The molecule has 0 aliphatic heterocycles. The topological polar surface area (TPSA) is 74.6 Å². The molecule has 4 heteroatoms. The van der Waals surface area contributed by atoms with E-state index in [1.807, 2.05) is 0 Å². The van der Waals surface area contributed by atoms with Gasteiger partial charge in [0.05, 0.1) is 0 Å². The molecule has 0 bridgehead atoms. The van der Waals surface area contributed by atoms with E-state index < -0.39 is 11.9 Å².